The minimum absolute atomic E-state index is 0.100. The fourth-order valence-corrected chi connectivity index (χ4v) is 3.63. The lowest BCUT2D eigenvalue weighted by atomic mass is 10.1. The van der Waals surface area contributed by atoms with Crippen LogP contribution in [-0.2, 0) is 12.6 Å². The van der Waals surface area contributed by atoms with Crippen LogP contribution in [0.2, 0.25) is 0 Å². The first-order valence-corrected chi connectivity index (χ1v) is 9.70. The number of amides is 3. The highest BCUT2D eigenvalue weighted by atomic mass is 19.4. The summed E-state index contributed by atoms with van der Waals surface area (Å²) in [7, 11) is 1.17. The Bertz CT molecular complexity index is 1150. The van der Waals surface area contributed by atoms with Gasteiger partial charge in [0.05, 0.1) is 23.9 Å². The molecule has 9 heteroatoms. The number of ether oxygens (including phenoxy) is 1. The van der Waals surface area contributed by atoms with Crippen LogP contribution in [0.15, 0.2) is 67.0 Å². The highest BCUT2D eigenvalue weighted by Crippen LogP contribution is 2.42. The van der Waals surface area contributed by atoms with Gasteiger partial charge in [-0.2, -0.15) is 13.2 Å². The molecule has 1 aromatic heterocycles. The Morgan fingerprint density at radius 1 is 1.09 bits per heavy atom. The average Bonchev–Trinajstić information content (AvgIpc) is 3.22. The maximum atomic E-state index is 13.6. The topological polar surface area (TPSA) is 62.7 Å². The van der Waals surface area contributed by atoms with Gasteiger partial charge in [0.1, 0.15) is 5.75 Å². The molecule has 2 heterocycles. The number of carbonyl (C=O) groups is 2. The van der Waals surface area contributed by atoms with E-state index in [-0.39, 0.29) is 23.5 Å². The van der Waals surface area contributed by atoms with Crippen molar-refractivity contribution in [2.24, 2.45) is 0 Å². The minimum atomic E-state index is -4.66. The van der Waals surface area contributed by atoms with Gasteiger partial charge in [0.25, 0.3) is 5.91 Å². The summed E-state index contributed by atoms with van der Waals surface area (Å²) in [6.45, 7) is 0.127. The van der Waals surface area contributed by atoms with E-state index < -0.39 is 23.7 Å². The molecule has 1 aliphatic rings. The number of alkyl halides is 3. The predicted octanol–water partition coefficient (Wildman–Crippen LogP) is 4.94. The van der Waals surface area contributed by atoms with E-state index in [1.165, 1.54) is 36.5 Å². The summed E-state index contributed by atoms with van der Waals surface area (Å²) in [5.41, 5.74) is 0.121. The number of nitrogens with zero attached hydrogens (tertiary/aromatic N) is 3. The lowest BCUT2D eigenvalue weighted by Gasteiger charge is -2.27. The van der Waals surface area contributed by atoms with Crippen LogP contribution in [0.1, 0.15) is 21.5 Å². The third-order valence-electron chi connectivity index (χ3n) is 5.15. The average molecular weight is 441 g/mol. The molecule has 32 heavy (non-hydrogen) atoms. The summed E-state index contributed by atoms with van der Waals surface area (Å²) in [6, 6.07) is 12.7. The van der Waals surface area contributed by atoms with Crippen molar-refractivity contribution < 1.29 is 27.5 Å². The maximum Gasteiger partial charge on any atom is 0.420 e. The Labute approximate surface area is 181 Å². The number of para-hydroxylation sites is 1. The second-order valence-electron chi connectivity index (χ2n) is 7.08. The molecule has 2 aromatic carbocycles. The van der Waals surface area contributed by atoms with Crippen LogP contribution in [-0.4, -0.2) is 30.6 Å². The van der Waals surface area contributed by atoms with Gasteiger partial charge in [-0.15, -0.1) is 0 Å². The van der Waals surface area contributed by atoms with Crippen molar-refractivity contribution in [2.45, 2.75) is 12.6 Å². The third kappa shape index (κ3) is 3.89. The van der Waals surface area contributed by atoms with Crippen LogP contribution in [0.4, 0.5) is 29.3 Å². The van der Waals surface area contributed by atoms with Crippen molar-refractivity contribution in [2.75, 3.05) is 23.5 Å². The lowest BCUT2D eigenvalue weighted by Crippen LogP contribution is -2.46. The fourth-order valence-electron chi connectivity index (χ4n) is 3.63. The predicted molar refractivity (Wildman–Crippen MR) is 112 cm³/mol. The van der Waals surface area contributed by atoms with Gasteiger partial charge in [0.2, 0.25) is 0 Å². The first kappa shape index (κ1) is 21.4. The van der Waals surface area contributed by atoms with Crippen LogP contribution < -0.4 is 14.5 Å². The number of pyridine rings is 1. The highest BCUT2D eigenvalue weighted by Gasteiger charge is 2.39. The third-order valence-corrected chi connectivity index (χ3v) is 5.15. The number of aromatic nitrogens is 1. The molecule has 1 aliphatic heterocycles. The molecule has 4 rings (SSSR count). The number of imide groups is 1. The smallest absolute Gasteiger partial charge is 0.420 e. The number of anilines is 2. The van der Waals surface area contributed by atoms with Gasteiger partial charge in [-0.3, -0.25) is 14.7 Å². The molecular weight excluding hydrogens is 423 g/mol. The second kappa shape index (κ2) is 8.33. The van der Waals surface area contributed by atoms with E-state index in [1.807, 2.05) is 0 Å². The summed E-state index contributed by atoms with van der Waals surface area (Å²) in [5, 5.41) is 0. The number of hydrogen-bond acceptors (Lipinski definition) is 4. The number of fused-ring (bicyclic) bond motifs is 1. The molecule has 6 nitrogen and oxygen atoms in total. The summed E-state index contributed by atoms with van der Waals surface area (Å²) in [5.74, 6) is -0.941. The molecule has 0 saturated heterocycles. The zero-order valence-electron chi connectivity index (χ0n) is 17.0. The number of urea groups is 1. The Morgan fingerprint density at radius 3 is 2.47 bits per heavy atom. The van der Waals surface area contributed by atoms with Gasteiger partial charge in [-0.05, 0) is 48.4 Å². The second-order valence-corrected chi connectivity index (χ2v) is 7.08. The monoisotopic (exact) mass is 441 g/mol. The van der Waals surface area contributed by atoms with Gasteiger partial charge < -0.3 is 4.74 Å². The quantitative estimate of drug-likeness (QED) is 0.578. The van der Waals surface area contributed by atoms with Gasteiger partial charge in [-0.25, -0.2) is 9.69 Å². The molecule has 3 amide bonds. The van der Waals surface area contributed by atoms with Crippen LogP contribution >= 0.6 is 0 Å². The number of methoxy groups -OCH3 is 1. The molecular formula is C23H18F3N3O3. The van der Waals surface area contributed by atoms with E-state index in [0.717, 1.165) is 11.0 Å². The molecule has 0 N–H and O–H groups in total. The largest absolute Gasteiger partial charge is 0.496 e. The molecule has 0 radical (unpaired) electrons. The molecule has 0 atom stereocenters. The Balaban J connectivity index is 1.78. The summed E-state index contributed by atoms with van der Waals surface area (Å²) in [4.78, 5) is 32.8. The van der Waals surface area contributed by atoms with E-state index in [9.17, 15) is 22.8 Å². The lowest BCUT2D eigenvalue weighted by molar-refractivity contribution is -0.138. The number of rotatable bonds is 3. The molecule has 164 valence electrons. The molecule has 3 aromatic rings. The maximum absolute atomic E-state index is 13.6. The summed E-state index contributed by atoms with van der Waals surface area (Å²) < 4.78 is 45.6. The van der Waals surface area contributed by atoms with Crippen molar-refractivity contribution in [3.8, 4) is 5.75 Å². The van der Waals surface area contributed by atoms with Crippen LogP contribution in [0.5, 0.6) is 5.75 Å². The first-order chi connectivity index (χ1) is 15.3. The fraction of sp³-hybridized carbons (Fsp3) is 0.174. The van der Waals surface area contributed by atoms with Crippen molar-refractivity contribution in [3.05, 3.63) is 83.7 Å². The standard InChI is InChI=1S/C23H18F3N3O3/c1-32-20-12-15-9-11-28(19(15)13-18(20)23(24,25)26)22(31)29(17-7-3-2-4-8-17)21(30)16-6-5-10-27-14-16/h2-8,10,12-14H,9,11H2,1H3. The normalized spacial score (nSPS) is 12.9. The zero-order valence-corrected chi connectivity index (χ0v) is 17.0. The van der Waals surface area contributed by atoms with Crippen LogP contribution in [0.25, 0.3) is 0 Å². The van der Waals surface area contributed by atoms with E-state index in [4.69, 9.17) is 4.74 Å². The molecule has 0 saturated carbocycles. The molecule has 0 fully saturated rings. The molecule has 0 unspecified atom stereocenters. The SMILES string of the molecule is COc1cc2c(cc1C(F)(F)F)N(C(=O)N(C(=O)c1cccnc1)c1ccccc1)CC2. The van der Waals surface area contributed by atoms with Gasteiger partial charge in [0.15, 0.2) is 0 Å². The minimum Gasteiger partial charge on any atom is -0.496 e. The van der Waals surface area contributed by atoms with Crippen molar-refractivity contribution in [1.82, 2.24) is 4.98 Å². The van der Waals surface area contributed by atoms with E-state index in [0.29, 0.717) is 17.7 Å². The number of halogens is 3. The van der Waals surface area contributed by atoms with Crippen LogP contribution in [0.3, 0.4) is 0 Å². The summed E-state index contributed by atoms with van der Waals surface area (Å²) >= 11 is 0. The Kier molecular flexibility index (Phi) is 5.56. The van der Waals surface area contributed by atoms with Crippen LogP contribution in [0, 0.1) is 0 Å². The molecule has 0 bridgehead atoms. The molecule has 0 aliphatic carbocycles. The number of benzene rings is 2. The molecule has 0 spiro atoms. The number of hydrogen-bond donors (Lipinski definition) is 0. The van der Waals surface area contributed by atoms with Gasteiger partial charge in [0, 0.05) is 24.6 Å². The van der Waals surface area contributed by atoms with E-state index in [2.05, 4.69) is 4.98 Å². The highest BCUT2D eigenvalue weighted by molar-refractivity contribution is 6.24. The summed E-state index contributed by atoms with van der Waals surface area (Å²) in [6.07, 6.45) is -1.51. The van der Waals surface area contributed by atoms with Gasteiger partial charge >= 0.3 is 12.2 Å². The van der Waals surface area contributed by atoms with Crippen molar-refractivity contribution in [1.29, 1.82) is 0 Å². The Morgan fingerprint density at radius 2 is 1.84 bits per heavy atom. The zero-order chi connectivity index (χ0) is 22.9. The van der Waals surface area contributed by atoms with Crippen molar-refractivity contribution in [3.63, 3.8) is 0 Å². The van der Waals surface area contributed by atoms with Gasteiger partial charge in [-0.1, -0.05) is 18.2 Å². The van der Waals surface area contributed by atoms with Crippen molar-refractivity contribution >= 4 is 23.3 Å². The van der Waals surface area contributed by atoms with E-state index >= 15 is 0 Å². The first-order valence-electron chi connectivity index (χ1n) is 9.70. The number of carbonyl (C=O) groups excluding carboxylic acids is 2. The van der Waals surface area contributed by atoms with E-state index in [1.54, 1.807) is 36.4 Å². The Hall–Kier alpha value is -3.88.